The number of rotatable bonds is 5. The molecule has 4 rings (SSSR count). The molecule has 7 heteroatoms. The molecule has 168 valence electrons. The SMILES string of the molecule is CCN(c1cccc(C)c1)S(=O)(=O)c1cc(-c2nn(C)c(=O)c3c2CCCC3)ccc1C. The maximum atomic E-state index is 13.7. The quantitative estimate of drug-likeness (QED) is 0.584. The zero-order valence-corrected chi connectivity index (χ0v) is 19.9. The van der Waals surface area contributed by atoms with Gasteiger partial charge in [-0.1, -0.05) is 24.3 Å². The molecule has 2 aromatic carbocycles. The van der Waals surface area contributed by atoms with Gasteiger partial charge in [0.2, 0.25) is 0 Å². The van der Waals surface area contributed by atoms with E-state index in [2.05, 4.69) is 5.10 Å². The van der Waals surface area contributed by atoms with Crippen LogP contribution in [0.2, 0.25) is 0 Å². The molecular formula is C25H29N3O3S. The van der Waals surface area contributed by atoms with Crippen LogP contribution >= 0.6 is 0 Å². The average molecular weight is 452 g/mol. The van der Waals surface area contributed by atoms with Gasteiger partial charge in [-0.3, -0.25) is 9.10 Å². The summed E-state index contributed by atoms with van der Waals surface area (Å²) in [6.07, 6.45) is 3.52. The Bertz CT molecular complexity index is 1340. The van der Waals surface area contributed by atoms with E-state index in [4.69, 9.17) is 0 Å². The monoisotopic (exact) mass is 451 g/mol. The van der Waals surface area contributed by atoms with Crippen LogP contribution in [0, 0.1) is 13.8 Å². The van der Waals surface area contributed by atoms with Crippen LogP contribution in [0.3, 0.4) is 0 Å². The molecule has 0 aliphatic heterocycles. The molecule has 0 amide bonds. The van der Waals surface area contributed by atoms with Crippen molar-refractivity contribution < 1.29 is 8.42 Å². The van der Waals surface area contributed by atoms with Crippen LogP contribution in [0.15, 0.2) is 52.2 Å². The molecule has 0 unspecified atom stereocenters. The Balaban J connectivity index is 1.87. The van der Waals surface area contributed by atoms with E-state index < -0.39 is 10.0 Å². The lowest BCUT2D eigenvalue weighted by atomic mass is 9.89. The number of fused-ring (bicyclic) bond motifs is 1. The van der Waals surface area contributed by atoms with Crippen LogP contribution in [0.1, 0.15) is 42.0 Å². The van der Waals surface area contributed by atoms with Crippen molar-refractivity contribution in [2.45, 2.75) is 51.3 Å². The largest absolute Gasteiger partial charge is 0.269 e. The van der Waals surface area contributed by atoms with Gasteiger partial charge in [-0.2, -0.15) is 5.10 Å². The molecule has 0 saturated heterocycles. The summed E-state index contributed by atoms with van der Waals surface area (Å²) in [5.41, 5.74) is 5.47. The number of sulfonamides is 1. The van der Waals surface area contributed by atoms with Crippen molar-refractivity contribution in [2.24, 2.45) is 7.05 Å². The van der Waals surface area contributed by atoms with Gasteiger partial charge < -0.3 is 0 Å². The Morgan fingerprint density at radius 1 is 1.03 bits per heavy atom. The van der Waals surface area contributed by atoms with E-state index in [1.165, 1.54) is 8.99 Å². The second-order valence-corrected chi connectivity index (χ2v) is 10.3. The van der Waals surface area contributed by atoms with Gasteiger partial charge in [0.05, 0.1) is 16.3 Å². The molecular weight excluding hydrogens is 422 g/mol. The second-order valence-electron chi connectivity index (χ2n) is 8.43. The molecule has 0 atom stereocenters. The summed E-state index contributed by atoms with van der Waals surface area (Å²) >= 11 is 0. The normalized spacial score (nSPS) is 13.6. The van der Waals surface area contributed by atoms with Gasteiger partial charge in [0, 0.05) is 24.7 Å². The van der Waals surface area contributed by atoms with Gasteiger partial charge in [-0.25, -0.2) is 13.1 Å². The minimum atomic E-state index is -3.78. The van der Waals surface area contributed by atoms with Crippen molar-refractivity contribution in [3.63, 3.8) is 0 Å². The smallest absolute Gasteiger partial charge is 0.268 e. The van der Waals surface area contributed by atoms with Crippen LogP contribution in [0.25, 0.3) is 11.3 Å². The molecule has 0 saturated carbocycles. The first-order valence-electron chi connectivity index (χ1n) is 11.0. The van der Waals surface area contributed by atoms with Gasteiger partial charge in [0.25, 0.3) is 15.6 Å². The molecule has 1 heterocycles. The molecule has 3 aromatic rings. The maximum absolute atomic E-state index is 13.7. The van der Waals surface area contributed by atoms with Gasteiger partial charge in [0.15, 0.2) is 0 Å². The molecule has 0 radical (unpaired) electrons. The van der Waals surface area contributed by atoms with Crippen LogP contribution in [-0.4, -0.2) is 24.7 Å². The molecule has 1 aliphatic rings. The number of anilines is 1. The molecule has 1 aromatic heterocycles. The molecule has 1 aliphatic carbocycles. The average Bonchev–Trinajstić information content (AvgIpc) is 2.77. The fraction of sp³-hybridized carbons (Fsp3) is 0.360. The van der Waals surface area contributed by atoms with Gasteiger partial charge in [0.1, 0.15) is 0 Å². The number of benzene rings is 2. The predicted octanol–water partition coefficient (Wildman–Crippen LogP) is 4.16. The Morgan fingerprint density at radius 2 is 1.75 bits per heavy atom. The maximum Gasteiger partial charge on any atom is 0.269 e. The summed E-state index contributed by atoms with van der Waals surface area (Å²) in [7, 11) is -2.13. The minimum absolute atomic E-state index is 0.0555. The lowest BCUT2D eigenvalue weighted by Crippen LogP contribution is -2.31. The molecule has 32 heavy (non-hydrogen) atoms. The number of aromatic nitrogens is 2. The van der Waals surface area contributed by atoms with E-state index >= 15 is 0 Å². The molecule has 0 fully saturated rings. The van der Waals surface area contributed by atoms with E-state index in [-0.39, 0.29) is 10.5 Å². The Morgan fingerprint density at radius 3 is 2.44 bits per heavy atom. The molecule has 0 spiro atoms. The number of hydrogen-bond donors (Lipinski definition) is 0. The summed E-state index contributed by atoms with van der Waals surface area (Å²) in [4.78, 5) is 12.9. The van der Waals surface area contributed by atoms with E-state index in [0.29, 0.717) is 23.5 Å². The minimum Gasteiger partial charge on any atom is -0.268 e. The second kappa shape index (κ2) is 8.54. The first-order chi connectivity index (χ1) is 15.2. The number of aryl methyl sites for hydroxylation is 3. The standard InChI is InChI=1S/C25H29N3O3S/c1-5-28(20-10-8-9-17(2)15-20)32(30,31)23-16-19(14-13-18(23)3)24-21-11-6-7-12-22(21)25(29)27(4)26-24/h8-10,13-16H,5-7,11-12H2,1-4H3. The van der Waals surface area contributed by atoms with Crippen LogP contribution < -0.4 is 9.86 Å². The third-order valence-corrected chi connectivity index (χ3v) is 8.21. The Labute approximate surface area is 189 Å². The topological polar surface area (TPSA) is 72.3 Å². The van der Waals surface area contributed by atoms with Crippen molar-refractivity contribution in [2.75, 3.05) is 10.8 Å². The predicted molar refractivity (Wildman–Crippen MR) is 128 cm³/mol. The van der Waals surface area contributed by atoms with Crippen molar-refractivity contribution in [1.82, 2.24) is 9.78 Å². The summed E-state index contributed by atoms with van der Waals surface area (Å²) in [6.45, 7) is 5.92. The van der Waals surface area contributed by atoms with Gasteiger partial charge in [-0.15, -0.1) is 0 Å². The van der Waals surface area contributed by atoms with Crippen LogP contribution in [0.4, 0.5) is 5.69 Å². The van der Waals surface area contributed by atoms with E-state index in [1.54, 1.807) is 13.1 Å². The number of nitrogens with zero attached hydrogens (tertiary/aromatic N) is 3. The van der Waals surface area contributed by atoms with Crippen LogP contribution in [-0.2, 0) is 29.9 Å². The summed E-state index contributed by atoms with van der Waals surface area (Å²) in [5.74, 6) is 0. The summed E-state index contributed by atoms with van der Waals surface area (Å²) in [5, 5.41) is 4.54. The first-order valence-corrected chi connectivity index (χ1v) is 12.5. The lowest BCUT2D eigenvalue weighted by molar-refractivity contribution is 0.591. The van der Waals surface area contributed by atoms with E-state index in [0.717, 1.165) is 47.9 Å². The summed E-state index contributed by atoms with van der Waals surface area (Å²) in [6, 6.07) is 13.0. The van der Waals surface area contributed by atoms with E-state index in [1.807, 2.05) is 57.2 Å². The highest BCUT2D eigenvalue weighted by molar-refractivity contribution is 7.92. The van der Waals surface area contributed by atoms with Crippen molar-refractivity contribution in [1.29, 1.82) is 0 Å². The lowest BCUT2D eigenvalue weighted by Gasteiger charge is -2.25. The molecule has 6 nitrogen and oxygen atoms in total. The van der Waals surface area contributed by atoms with Crippen LogP contribution in [0.5, 0.6) is 0 Å². The summed E-state index contributed by atoms with van der Waals surface area (Å²) < 4.78 is 30.3. The fourth-order valence-corrected chi connectivity index (χ4v) is 6.22. The number of hydrogen-bond acceptors (Lipinski definition) is 4. The highest BCUT2D eigenvalue weighted by Crippen LogP contribution is 2.32. The van der Waals surface area contributed by atoms with Gasteiger partial charge in [-0.05, 0) is 81.3 Å². The third-order valence-electron chi connectivity index (χ3n) is 6.16. The molecule has 0 bridgehead atoms. The zero-order valence-electron chi connectivity index (χ0n) is 19.1. The van der Waals surface area contributed by atoms with E-state index in [9.17, 15) is 13.2 Å². The third kappa shape index (κ3) is 3.86. The zero-order chi connectivity index (χ0) is 23.0. The Hall–Kier alpha value is -2.93. The van der Waals surface area contributed by atoms with Crippen molar-refractivity contribution in [3.05, 3.63) is 75.1 Å². The van der Waals surface area contributed by atoms with Gasteiger partial charge >= 0.3 is 0 Å². The van der Waals surface area contributed by atoms with Crippen molar-refractivity contribution in [3.8, 4) is 11.3 Å². The first kappa shape index (κ1) is 22.3. The Kier molecular flexibility index (Phi) is 5.95. The molecule has 0 N–H and O–H groups in total. The van der Waals surface area contributed by atoms with Crippen molar-refractivity contribution >= 4 is 15.7 Å². The highest BCUT2D eigenvalue weighted by atomic mass is 32.2. The fourth-order valence-electron chi connectivity index (χ4n) is 4.50. The highest BCUT2D eigenvalue weighted by Gasteiger charge is 2.27.